The molecule has 0 spiro atoms. The fourth-order valence-corrected chi connectivity index (χ4v) is 0.738. The first-order valence-corrected chi connectivity index (χ1v) is 4.37. The molecule has 1 amide bonds. The summed E-state index contributed by atoms with van der Waals surface area (Å²) in [6.45, 7) is 7.27. The van der Waals surface area contributed by atoms with Crippen molar-refractivity contribution >= 4 is 11.9 Å². The van der Waals surface area contributed by atoms with Gasteiger partial charge in [-0.25, -0.2) is 4.79 Å². The molecule has 0 unspecified atom stereocenters. The molecule has 0 aromatic rings. The maximum atomic E-state index is 11.1. The lowest BCUT2D eigenvalue weighted by Gasteiger charge is -2.12. The number of ether oxygens (including phenoxy) is 1. The van der Waals surface area contributed by atoms with Crippen LogP contribution in [0, 0.1) is 5.92 Å². The van der Waals surface area contributed by atoms with Crippen molar-refractivity contribution < 1.29 is 14.3 Å². The Hall–Kier alpha value is -1.06. The number of nitrogens with one attached hydrogen (secondary N) is 1. The Labute approximate surface area is 78.6 Å². The summed E-state index contributed by atoms with van der Waals surface area (Å²) in [5.41, 5.74) is 0. The number of carbonyl (C=O) groups is 2. The van der Waals surface area contributed by atoms with E-state index in [-0.39, 0.29) is 11.9 Å². The molecule has 13 heavy (non-hydrogen) atoms. The topological polar surface area (TPSA) is 55.4 Å². The minimum absolute atomic E-state index is 0.228. The Morgan fingerprint density at radius 2 is 1.85 bits per heavy atom. The zero-order valence-electron chi connectivity index (χ0n) is 8.59. The molecular formula is C9H17NO3. The molecule has 0 fully saturated rings. The van der Waals surface area contributed by atoms with Gasteiger partial charge in [-0.3, -0.25) is 4.79 Å². The Balaban J connectivity index is 3.76. The Bertz CT molecular complexity index is 189. The lowest BCUT2D eigenvalue weighted by molar-refractivity contribution is -0.148. The maximum Gasteiger partial charge on any atom is 0.328 e. The Morgan fingerprint density at radius 3 is 2.23 bits per heavy atom. The number of amides is 1. The summed E-state index contributed by atoms with van der Waals surface area (Å²) in [4.78, 5) is 21.7. The van der Waals surface area contributed by atoms with Gasteiger partial charge < -0.3 is 10.1 Å². The van der Waals surface area contributed by atoms with Crippen molar-refractivity contribution in [3.63, 3.8) is 0 Å². The van der Waals surface area contributed by atoms with Gasteiger partial charge in [0.15, 0.2) is 0 Å². The van der Waals surface area contributed by atoms with Crippen LogP contribution < -0.4 is 5.32 Å². The minimum atomic E-state index is -0.559. The van der Waals surface area contributed by atoms with Crippen LogP contribution in [0.25, 0.3) is 0 Å². The highest BCUT2D eigenvalue weighted by atomic mass is 16.5. The van der Waals surface area contributed by atoms with Crippen molar-refractivity contribution in [3.8, 4) is 0 Å². The molecule has 0 saturated heterocycles. The average molecular weight is 187 g/mol. The second-order valence-corrected chi connectivity index (χ2v) is 3.45. The molecule has 4 heteroatoms. The van der Waals surface area contributed by atoms with E-state index in [2.05, 4.69) is 5.32 Å². The van der Waals surface area contributed by atoms with Gasteiger partial charge in [0.25, 0.3) is 0 Å². The van der Waals surface area contributed by atoms with E-state index in [1.165, 1.54) is 6.92 Å². The lowest BCUT2D eigenvalue weighted by atomic mass is 10.2. The normalized spacial score (nSPS) is 12.4. The predicted molar refractivity (Wildman–Crippen MR) is 49.1 cm³/mol. The fourth-order valence-electron chi connectivity index (χ4n) is 0.738. The molecule has 0 saturated carbocycles. The quantitative estimate of drug-likeness (QED) is 0.659. The smallest absolute Gasteiger partial charge is 0.328 e. The molecule has 0 heterocycles. The monoisotopic (exact) mass is 187 g/mol. The lowest BCUT2D eigenvalue weighted by Crippen LogP contribution is -2.38. The van der Waals surface area contributed by atoms with E-state index in [0.717, 1.165) is 0 Å². The second-order valence-electron chi connectivity index (χ2n) is 3.45. The van der Waals surface area contributed by atoms with Gasteiger partial charge in [0.1, 0.15) is 6.04 Å². The third-order valence-corrected chi connectivity index (χ3v) is 1.33. The molecule has 0 aliphatic heterocycles. The summed E-state index contributed by atoms with van der Waals surface area (Å²) >= 11 is 0. The molecule has 0 aromatic heterocycles. The number of esters is 1. The van der Waals surface area contributed by atoms with Crippen LogP contribution in [-0.4, -0.2) is 24.5 Å². The third-order valence-electron chi connectivity index (χ3n) is 1.33. The van der Waals surface area contributed by atoms with Crippen LogP contribution in [0.1, 0.15) is 27.7 Å². The van der Waals surface area contributed by atoms with Crippen LogP contribution in [0.15, 0.2) is 0 Å². The summed E-state index contributed by atoms with van der Waals surface area (Å²) in [7, 11) is 0. The van der Waals surface area contributed by atoms with Crippen LogP contribution in [0.4, 0.5) is 0 Å². The highest BCUT2D eigenvalue weighted by molar-refractivity contribution is 5.82. The zero-order valence-corrected chi connectivity index (χ0v) is 8.59. The molecule has 0 bridgehead atoms. The van der Waals surface area contributed by atoms with Gasteiger partial charge in [-0.05, 0) is 12.8 Å². The number of carbonyl (C=O) groups excluding carboxylic acids is 2. The molecule has 0 aliphatic carbocycles. The summed E-state index contributed by atoms with van der Waals surface area (Å²) < 4.78 is 4.91. The van der Waals surface area contributed by atoms with Crippen molar-refractivity contribution in [2.75, 3.05) is 6.61 Å². The molecule has 1 atom stereocenters. The molecule has 0 aromatic carbocycles. The number of hydrogen-bond donors (Lipinski definition) is 1. The SMILES string of the molecule is CC(=O)N[C@H](C)C(=O)OCC(C)C. The van der Waals surface area contributed by atoms with Gasteiger partial charge in [0.05, 0.1) is 6.61 Å². The van der Waals surface area contributed by atoms with Crippen LogP contribution in [0.2, 0.25) is 0 Å². The number of rotatable bonds is 4. The highest BCUT2D eigenvalue weighted by Crippen LogP contribution is 1.95. The molecule has 0 rings (SSSR count). The standard InChI is InChI=1S/C9H17NO3/c1-6(2)5-13-9(12)7(3)10-8(4)11/h6-7H,5H2,1-4H3,(H,10,11)/t7-/m1/s1. The third kappa shape index (κ3) is 6.13. The van der Waals surface area contributed by atoms with Crippen molar-refractivity contribution in [3.05, 3.63) is 0 Å². The largest absolute Gasteiger partial charge is 0.464 e. The summed E-state index contributed by atoms with van der Waals surface area (Å²) in [6, 6.07) is -0.559. The van der Waals surface area contributed by atoms with Gasteiger partial charge >= 0.3 is 5.97 Å². The van der Waals surface area contributed by atoms with E-state index in [4.69, 9.17) is 4.74 Å². The summed E-state index contributed by atoms with van der Waals surface area (Å²) in [6.07, 6.45) is 0. The van der Waals surface area contributed by atoms with Crippen LogP contribution in [0.5, 0.6) is 0 Å². The highest BCUT2D eigenvalue weighted by Gasteiger charge is 2.14. The van der Waals surface area contributed by atoms with E-state index in [9.17, 15) is 9.59 Å². The van der Waals surface area contributed by atoms with Gasteiger partial charge in [-0.1, -0.05) is 13.8 Å². The van der Waals surface area contributed by atoms with E-state index in [1.807, 2.05) is 13.8 Å². The van der Waals surface area contributed by atoms with Crippen LogP contribution in [-0.2, 0) is 14.3 Å². The Kier molecular flexibility index (Phi) is 5.11. The second kappa shape index (κ2) is 5.56. The molecule has 1 N–H and O–H groups in total. The molecule has 0 aliphatic rings. The van der Waals surface area contributed by atoms with Crippen molar-refractivity contribution in [1.29, 1.82) is 0 Å². The van der Waals surface area contributed by atoms with Crippen molar-refractivity contribution in [2.45, 2.75) is 33.7 Å². The van der Waals surface area contributed by atoms with Gasteiger partial charge in [0, 0.05) is 6.92 Å². The van der Waals surface area contributed by atoms with E-state index >= 15 is 0 Å². The van der Waals surface area contributed by atoms with E-state index in [0.29, 0.717) is 12.5 Å². The fraction of sp³-hybridized carbons (Fsp3) is 0.778. The summed E-state index contributed by atoms with van der Waals surface area (Å²) in [5.74, 6) is -0.300. The predicted octanol–water partition coefficient (Wildman–Crippen LogP) is 0.710. The summed E-state index contributed by atoms with van der Waals surface area (Å²) in [5, 5.41) is 2.45. The molecular weight excluding hydrogens is 170 g/mol. The zero-order chi connectivity index (χ0) is 10.4. The average Bonchev–Trinajstić information content (AvgIpc) is 1.98. The first-order valence-electron chi connectivity index (χ1n) is 4.37. The van der Waals surface area contributed by atoms with Gasteiger partial charge in [0.2, 0.25) is 5.91 Å². The van der Waals surface area contributed by atoms with Crippen molar-refractivity contribution in [1.82, 2.24) is 5.32 Å². The molecule has 76 valence electrons. The van der Waals surface area contributed by atoms with Gasteiger partial charge in [-0.2, -0.15) is 0 Å². The first kappa shape index (κ1) is 11.9. The van der Waals surface area contributed by atoms with Gasteiger partial charge in [-0.15, -0.1) is 0 Å². The maximum absolute atomic E-state index is 11.1. The van der Waals surface area contributed by atoms with E-state index < -0.39 is 6.04 Å². The Morgan fingerprint density at radius 1 is 1.31 bits per heavy atom. The van der Waals surface area contributed by atoms with Crippen molar-refractivity contribution in [2.24, 2.45) is 5.92 Å². The van der Waals surface area contributed by atoms with E-state index in [1.54, 1.807) is 6.92 Å². The molecule has 0 radical (unpaired) electrons. The molecule has 4 nitrogen and oxygen atoms in total. The van der Waals surface area contributed by atoms with Crippen LogP contribution >= 0.6 is 0 Å². The van der Waals surface area contributed by atoms with Crippen LogP contribution in [0.3, 0.4) is 0 Å². The first-order chi connectivity index (χ1) is 5.93. The number of hydrogen-bond acceptors (Lipinski definition) is 3. The minimum Gasteiger partial charge on any atom is -0.464 e.